The molecule has 0 aromatic heterocycles. The van der Waals surface area contributed by atoms with Crippen LogP contribution in [0.2, 0.25) is 0 Å². The number of aryl methyl sites for hydroxylation is 1. The van der Waals surface area contributed by atoms with Gasteiger partial charge in [-0.15, -0.1) is 11.8 Å². The molecule has 2 heteroatoms. The molecule has 0 saturated heterocycles. The maximum Gasteiger partial charge on any atom is 0.0213 e. The van der Waals surface area contributed by atoms with Crippen molar-refractivity contribution in [1.29, 1.82) is 0 Å². The number of hydrogen-bond donors (Lipinski definition) is 1. The Bertz CT molecular complexity index is 310. The number of unbranched alkanes of at least 4 members (excludes halogenated alkanes) is 2. The molecule has 90 valence electrons. The van der Waals surface area contributed by atoms with Crippen LogP contribution in [0.25, 0.3) is 0 Å². The van der Waals surface area contributed by atoms with Crippen LogP contribution < -0.4 is 5.32 Å². The largest absolute Gasteiger partial charge is 0.316 e. The van der Waals surface area contributed by atoms with Gasteiger partial charge in [-0.1, -0.05) is 37.5 Å². The zero-order valence-electron chi connectivity index (χ0n) is 10.7. The highest BCUT2D eigenvalue weighted by Gasteiger charge is 2.02. The van der Waals surface area contributed by atoms with Crippen LogP contribution in [0.15, 0.2) is 23.1 Å². The Morgan fingerprint density at radius 1 is 1.25 bits per heavy atom. The molecular formula is C14H23NS. The van der Waals surface area contributed by atoms with Gasteiger partial charge < -0.3 is 5.32 Å². The molecule has 0 unspecified atom stereocenters. The molecule has 1 nitrogen and oxygen atoms in total. The van der Waals surface area contributed by atoms with E-state index in [0.717, 1.165) is 6.54 Å². The van der Waals surface area contributed by atoms with E-state index in [9.17, 15) is 0 Å². The van der Waals surface area contributed by atoms with Crippen LogP contribution in [-0.2, 0) is 6.54 Å². The molecule has 0 aliphatic heterocycles. The Balaban J connectivity index is 2.56. The molecule has 0 spiro atoms. The van der Waals surface area contributed by atoms with E-state index in [4.69, 9.17) is 0 Å². The summed E-state index contributed by atoms with van der Waals surface area (Å²) in [5.41, 5.74) is 2.78. The molecule has 0 radical (unpaired) electrons. The highest BCUT2D eigenvalue weighted by Crippen LogP contribution is 2.25. The molecule has 0 bridgehead atoms. The van der Waals surface area contributed by atoms with Crippen molar-refractivity contribution in [3.8, 4) is 0 Å². The van der Waals surface area contributed by atoms with E-state index in [-0.39, 0.29) is 0 Å². The lowest BCUT2D eigenvalue weighted by Crippen LogP contribution is -2.06. The Morgan fingerprint density at radius 3 is 2.75 bits per heavy atom. The van der Waals surface area contributed by atoms with Crippen LogP contribution in [0, 0.1) is 6.92 Å². The van der Waals surface area contributed by atoms with Crippen molar-refractivity contribution in [2.45, 2.75) is 44.6 Å². The van der Waals surface area contributed by atoms with Gasteiger partial charge in [0.05, 0.1) is 0 Å². The van der Waals surface area contributed by atoms with Crippen molar-refractivity contribution < 1.29 is 0 Å². The fourth-order valence-corrected chi connectivity index (χ4v) is 2.76. The summed E-state index contributed by atoms with van der Waals surface area (Å²) in [5, 5.41) is 3.24. The minimum atomic E-state index is 0.970. The second kappa shape index (κ2) is 7.75. The SMILES string of the molecule is CCCCCSc1ccc(C)cc1CNC. The zero-order valence-corrected chi connectivity index (χ0v) is 11.5. The van der Waals surface area contributed by atoms with Gasteiger partial charge in [-0.3, -0.25) is 0 Å². The number of hydrogen-bond acceptors (Lipinski definition) is 2. The molecule has 1 aromatic rings. The molecule has 1 rings (SSSR count). The first-order valence-corrected chi connectivity index (χ1v) is 7.13. The number of benzene rings is 1. The second-order valence-electron chi connectivity index (χ2n) is 4.20. The lowest BCUT2D eigenvalue weighted by atomic mass is 10.1. The smallest absolute Gasteiger partial charge is 0.0213 e. The topological polar surface area (TPSA) is 12.0 Å². The van der Waals surface area contributed by atoms with Crippen molar-refractivity contribution in [2.75, 3.05) is 12.8 Å². The fraction of sp³-hybridized carbons (Fsp3) is 0.571. The maximum atomic E-state index is 3.24. The quantitative estimate of drug-likeness (QED) is 0.568. The minimum absolute atomic E-state index is 0.970. The Morgan fingerprint density at radius 2 is 2.06 bits per heavy atom. The summed E-state index contributed by atoms with van der Waals surface area (Å²) in [4.78, 5) is 1.44. The van der Waals surface area contributed by atoms with Gasteiger partial charge in [0.1, 0.15) is 0 Å². The average Bonchev–Trinajstić information content (AvgIpc) is 2.27. The van der Waals surface area contributed by atoms with Gasteiger partial charge in [-0.05, 0) is 37.8 Å². The van der Waals surface area contributed by atoms with Gasteiger partial charge >= 0.3 is 0 Å². The molecule has 0 aliphatic rings. The summed E-state index contributed by atoms with van der Waals surface area (Å²) in [6.45, 7) is 5.38. The Kier molecular flexibility index (Phi) is 6.58. The molecule has 0 atom stereocenters. The predicted octanol–water partition coefficient (Wildman–Crippen LogP) is 4.00. The van der Waals surface area contributed by atoms with Gasteiger partial charge in [-0.25, -0.2) is 0 Å². The molecule has 0 saturated carbocycles. The Hall–Kier alpha value is -0.470. The minimum Gasteiger partial charge on any atom is -0.316 e. The normalized spacial score (nSPS) is 10.7. The highest BCUT2D eigenvalue weighted by molar-refractivity contribution is 7.99. The van der Waals surface area contributed by atoms with Crippen LogP contribution in [0.4, 0.5) is 0 Å². The third-order valence-corrected chi connectivity index (χ3v) is 3.79. The summed E-state index contributed by atoms with van der Waals surface area (Å²) in [5.74, 6) is 1.24. The van der Waals surface area contributed by atoms with Gasteiger partial charge in [0.25, 0.3) is 0 Å². The van der Waals surface area contributed by atoms with Gasteiger partial charge in [0.15, 0.2) is 0 Å². The zero-order chi connectivity index (χ0) is 11.8. The highest BCUT2D eigenvalue weighted by atomic mass is 32.2. The van der Waals surface area contributed by atoms with E-state index < -0.39 is 0 Å². The third kappa shape index (κ3) is 4.58. The second-order valence-corrected chi connectivity index (χ2v) is 5.33. The monoisotopic (exact) mass is 237 g/mol. The first-order chi connectivity index (χ1) is 7.77. The van der Waals surface area contributed by atoms with Gasteiger partial charge in [0.2, 0.25) is 0 Å². The summed E-state index contributed by atoms with van der Waals surface area (Å²) in [7, 11) is 2.01. The van der Waals surface area contributed by atoms with Crippen molar-refractivity contribution in [2.24, 2.45) is 0 Å². The Labute approximate surface area is 104 Å². The summed E-state index contributed by atoms with van der Waals surface area (Å²) < 4.78 is 0. The molecule has 1 aromatic carbocycles. The predicted molar refractivity (Wildman–Crippen MR) is 74.2 cm³/mol. The molecule has 0 amide bonds. The van der Waals surface area contributed by atoms with Crippen LogP contribution in [-0.4, -0.2) is 12.8 Å². The molecule has 16 heavy (non-hydrogen) atoms. The van der Waals surface area contributed by atoms with E-state index >= 15 is 0 Å². The van der Waals surface area contributed by atoms with Crippen LogP contribution >= 0.6 is 11.8 Å². The standard InChI is InChI=1S/C14H23NS/c1-4-5-6-9-16-14-8-7-12(2)10-13(14)11-15-3/h7-8,10,15H,4-6,9,11H2,1-3H3. The van der Waals surface area contributed by atoms with Gasteiger partial charge in [0, 0.05) is 11.4 Å². The summed E-state index contributed by atoms with van der Waals surface area (Å²) >= 11 is 2.00. The van der Waals surface area contributed by atoms with Crippen LogP contribution in [0.1, 0.15) is 37.3 Å². The molecule has 1 N–H and O–H groups in total. The lowest BCUT2D eigenvalue weighted by molar-refractivity contribution is 0.777. The molecule has 0 fully saturated rings. The van der Waals surface area contributed by atoms with E-state index in [1.807, 2.05) is 18.8 Å². The van der Waals surface area contributed by atoms with E-state index in [2.05, 4.69) is 37.4 Å². The van der Waals surface area contributed by atoms with Crippen molar-refractivity contribution in [3.05, 3.63) is 29.3 Å². The number of nitrogens with one attached hydrogen (secondary N) is 1. The van der Waals surface area contributed by atoms with E-state index in [0.29, 0.717) is 0 Å². The third-order valence-electron chi connectivity index (χ3n) is 2.59. The first-order valence-electron chi connectivity index (χ1n) is 6.15. The van der Waals surface area contributed by atoms with Gasteiger partial charge in [-0.2, -0.15) is 0 Å². The lowest BCUT2D eigenvalue weighted by Gasteiger charge is -2.09. The van der Waals surface area contributed by atoms with Crippen LogP contribution in [0.3, 0.4) is 0 Å². The summed E-state index contributed by atoms with van der Waals surface area (Å²) in [6.07, 6.45) is 3.98. The molecule has 0 heterocycles. The maximum absolute atomic E-state index is 3.24. The average molecular weight is 237 g/mol. The van der Waals surface area contributed by atoms with E-state index in [1.165, 1.54) is 41.0 Å². The van der Waals surface area contributed by atoms with Crippen molar-refractivity contribution in [1.82, 2.24) is 5.32 Å². The van der Waals surface area contributed by atoms with Crippen LogP contribution in [0.5, 0.6) is 0 Å². The first kappa shape index (κ1) is 13.6. The summed E-state index contributed by atoms with van der Waals surface area (Å²) in [6, 6.07) is 6.76. The van der Waals surface area contributed by atoms with Crippen molar-refractivity contribution in [3.63, 3.8) is 0 Å². The molecular weight excluding hydrogens is 214 g/mol. The number of rotatable bonds is 7. The molecule has 0 aliphatic carbocycles. The van der Waals surface area contributed by atoms with Crippen molar-refractivity contribution >= 4 is 11.8 Å². The number of thioether (sulfide) groups is 1. The van der Waals surface area contributed by atoms with E-state index in [1.54, 1.807) is 0 Å². The fourth-order valence-electron chi connectivity index (χ4n) is 1.71.